The summed E-state index contributed by atoms with van der Waals surface area (Å²) in [4.78, 5) is 6.60. The second-order valence-electron chi connectivity index (χ2n) is 5.57. The highest BCUT2D eigenvalue weighted by atomic mass is 32.1. The van der Waals surface area contributed by atoms with Crippen LogP contribution in [0.3, 0.4) is 0 Å². The normalized spacial score (nSPS) is 12.0. The first-order valence-corrected chi connectivity index (χ1v) is 10.0. The first-order chi connectivity index (χ1) is 12.3. The van der Waals surface area contributed by atoms with E-state index < -0.39 is 0 Å². The van der Waals surface area contributed by atoms with Gasteiger partial charge in [-0.1, -0.05) is 40.6 Å². The van der Waals surface area contributed by atoms with E-state index in [1.807, 2.05) is 0 Å². The predicted molar refractivity (Wildman–Crippen MR) is 108 cm³/mol. The van der Waals surface area contributed by atoms with Crippen LogP contribution in [-0.2, 0) is 13.1 Å². The Labute approximate surface area is 153 Å². The summed E-state index contributed by atoms with van der Waals surface area (Å²) in [6.45, 7) is 6.09. The van der Waals surface area contributed by atoms with Crippen molar-refractivity contribution in [2.45, 2.75) is 26.9 Å². The van der Waals surface area contributed by atoms with Crippen molar-refractivity contribution in [2.24, 2.45) is 4.99 Å². The van der Waals surface area contributed by atoms with Crippen molar-refractivity contribution in [1.29, 1.82) is 0 Å². The molecule has 0 bridgehead atoms. The number of aryl methyl sites for hydroxylation is 2. The average Bonchev–Trinajstić information content (AvgIpc) is 3.18. The maximum atomic E-state index is 4.64. The Morgan fingerprint density at radius 2 is 1.48 bits per heavy atom. The molecule has 2 aromatic heterocycles. The van der Waals surface area contributed by atoms with E-state index in [9.17, 15) is 0 Å². The molecule has 4 rings (SSSR count). The van der Waals surface area contributed by atoms with Crippen LogP contribution in [0, 0.1) is 0 Å². The van der Waals surface area contributed by atoms with Gasteiger partial charge >= 0.3 is 11.1 Å². The third kappa shape index (κ3) is 2.89. The Kier molecular flexibility index (Phi) is 4.40. The van der Waals surface area contributed by atoms with E-state index in [0.29, 0.717) is 0 Å². The molecule has 0 spiro atoms. The highest BCUT2D eigenvalue weighted by Gasteiger charge is 2.08. The molecular weight excluding hydrogens is 348 g/mol. The number of benzene rings is 2. The summed E-state index contributed by atoms with van der Waals surface area (Å²) >= 11 is 3.40. The highest BCUT2D eigenvalue weighted by Crippen LogP contribution is 2.16. The Hall–Kier alpha value is -2.40. The second-order valence-corrected chi connectivity index (χ2v) is 7.59. The van der Waals surface area contributed by atoms with E-state index >= 15 is 0 Å². The lowest BCUT2D eigenvalue weighted by atomic mass is 10.3. The number of aromatic nitrogens is 2. The number of hydrogen-bond donors (Lipinski definition) is 0. The maximum Gasteiger partial charge on any atom is 0.375 e. The first-order valence-electron chi connectivity index (χ1n) is 8.38. The molecule has 6 heteroatoms. The summed E-state index contributed by atoms with van der Waals surface area (Å²) in [5.74, 6) is 0. The van der Waals surface area contributed by atoms with E-state index in [4.69, 9.17) is 0 Å². The number of para-hydroxylation sites is 2. The summed E-state index contributed by atoms with van der Waals surface area (Å²) in [6, 6.07) is 16.8. The fraction of sp³-hybridized carbons (Fsp3) is 0.211. The van der Waals surface area contributed by atoms with Crippen LogP contribution in [0.15, 0.2) is 53.5 Å². The molecule has 0 N–H and O–H groups in total. The SMILES string of the molecule is CCn1c(=NC=[N+]=c2sc3ccccc3n2CC)sc2ccccc21. The highest BCUT2D eigenvalue weighted by molar-refractivity contribution is 7.16. The van der Waals surface area contributed by atoms with Crippen LogP contribution in [0.25, 0.3) is 20.4 Å². The summed E-state index contributed by atoms with van der Waals surface area (Å²) in [5, 5.41) is 0. The Morgan fingerprint density at radius 3 is 2.16 bits per heavy atom. The molecule has 25 heavy (non-hydrogen) atoms. The van der Waals surface area contributed by atoms with Gasteiger partial charge in [0.25, 0.3) is 4.80 Å². The van der Waals surface area contributed by atoms with Gasteiger partial charge in [0.15, 0.2) is 0 Å². The maximum absolute atomic E-state index is 4.64. The molecule has 0 aliphatic rings. The Morgan fingerprint density at radius 1 is 0.880 bits per heavy atom. The zero-order valence-corrected chi connectivity index (χ0v) is 15.8. The van der Waals surface area contributed by atoms with Crippen LogP contribution in [0.2, 0.25) is 0 Å². The molecule has 4 nitrogen and oxygen atoms in total. The lowest BCUT2D eigenvalue weighted by Gasteiger charge is -1.96. The van der Waals surface area contributed by atoms with Crippen molar-refractivity contribution in [3.63, 3.8) is 0 Å². The van der Waals surface area contributed by atoms with Gasteiger partial charge < -0.3 is 4.57 Å². The van der Waals surface area contributed by atoms with Crippen LogP contribution in [0.5, 0.6) is 0 Å². The zero-order valence-electron chi connectivity index (χ0n) is 14.2. The first kappa shape index (κ1) is 16.1. The topological polar surface area (TPSA) is 36.3 Å². The molecule has 0 unspecified atom stereocenters. The standard InChI is InChI=1S/C19H19N4S2/c1-3-22-14-9-5-7-11-16(14)24-18(22)20-13-21-19-23(4-2)15-10-6-8-12-17(15)25-19/h5-13H,3-4H2,1-2H3/q+1. The number of thiazole rings is 2. The summed E-state index contributed by atoms with van der Waals surface area (Å²) in [7, 11) is 0. The van der Waals surface area contributed by atoms with Crippen molar-refractivity contribution < 1.29 is 0 Å². The number of hydrogen-bond acceptors (Lipinski definition) is 2. The molecule has 0 aliphatic heterocycles. The van der Waals surface area contributed by atoms with Crippen molar-refractivity contribution in [2.75, 3.05) is 0 Å². The van der Waals surface area contributed by atoms with Gasteiger partial charge in [0.05, 0.1) is 21.5 Å². The molecule has 0 saturated carbocycles. The van der Waals surface area contributed by atoms with Crippen molar-refractivity contribution in [3.05, 3.63) is 58.1 Å². The third-order valence-electron chi connectivity index (χ3n) is 4.15. The van der Waals surface area contributed by atoms with E-state index in [-0.39, 0.29) is 0 Å². The van der Waals surface area contributed by atoms with Gasteiger partial charge in [0.1, 0.15) is 5.52 Å². The smallest absolute Gasteiger partial charge is 0.303 e. The molecular formula is C19H19N4S2+. The molecule has 2 aromatic carbocycles. The molecule has 4 aromatic rings. The zero-order chi connectivity index (χ0) is 17.2. The number of fused-ring (bicyclic) bond motifs is 2. The molecule has 2 heterocycles. The average molecular weight is 368 g/mol. The third-order valence-corrected chi connectivity index (χ3v) is 6.29. The van der Waals surface area contributed by atoms with E-state index in [1.54, 1.807) is 29.0 Å². The lowest BCUT2D eigenvalue weighted by molar-refractivity contribution is 0.761. The van der Waals surface area contributed by atoms with Crippen LogP contribution < -0.4 is 14.3 Å². The Balaban J connectivity index is 1.91. The van der Waals surface area contributed by atoms with Crippen LogP contribution >= 0.6 is 22.7 Å². The minimum atomic E-state index is 0.897. The number of rotatable bonds is 3. The van der Waals surface area contributed by atoms with E-state index in [2.05, 4.69) is 81.2 Å². The minimum absolute atomic E-state index is 0.897. The summed E-state index contributed by atoms with van der Waals surface area (Å²) < 4.78 is 11.6. The van der Waals surface area contributed by atoms with Gasteiger partial charge in [-0.05, 0) is 49.4 Å². The fourth-order valence-corrected chi connectivity index (χ4v) is 5.10. The summed E-state index contributed by atoms with van der Waals surface area (Å²) in [6.07, 6.45) is 1.69. The minimum Gasteiger partial charge on any atom is -0.303 e. The van der Waals surface area contributed by atoms with Gasteiger partial charge in [-0.2, -0.15) is 0 Å². The molecule has 0 atom stereocenters. The van der Waals surface area contributed by atoms with Crippen molar-refractivity contribution in [1.82, 2.24) is 13.8 Å². The summed E-state index contributed by atoms with van der Waals surface area (Å²) in [5.41, 5.74) is 2.46. The van der Waals surface area contributed by atoms with Crippen molar-refractivity contribution >= 4 is 49.4 Å². The molecule has 0 saturated heterocycles. The lowest BCUT2D eigenvalue weighted by Crippen LogP contribution is -2.17. The fourth-order valence-electron chi connectivity index (χ4n) is 2.98. The monoisotopic (exact) mass is 367 g/mol. The molecule has 0 aliphatic carbocycles. The molecule has 0 amide bonds. The van der Waals surface area contributed by atoms with Gasteiger partial charge in [0, 0.05) is 6.54 Å². The van der Waals surface area contributed by atoms with Gasteiger partial charge in [-0.25, -0.2) is 9.24 Å². The Bertz CT molecular complexity index is 1210. The molecule has 126 valence electrons. The molecule has 0 fully saturated rings. The second kappa shape index (κ2) is 6.84. The number of nitrogens with zero attached hydrogens (tertiary/aromatic N) is 4. The van der Waals surface area contributed by atoms with E-state index in [0.717, 1.165) is 22.7 Å². The van der Waals surface area contributed by atoms with Crippen LogP contribution in [-0.4, -0.2) is 15.5 Å². The van der Waals surface area contributed by atoms with E-state index in [1.165, 1.54) is 20.4 Å². The van der Waals surface area contributed by atoms with Gasteiger partial charge in [-0.15, -0.1) is 0 Å². The van der Waals surface area contributed by atoms with Crippen LogP contribution in [0.1, 0.15) is 13.8 Å². The quantitative estimate of drug-likeness (QED) is 0.302. The van der Waals surface area contributed by atoms with Gasteiger partial charge in [0.2, 0.25) is 0 Å². The van der Waals surface area contributed by atoms with Gasteiger partial charge in [-0.3, -0.25) is 0 Å². The van der Waals surface area contributed by atoms with Crippen molar-refractivity contribution in [3.8, 4) is 0 Å². The predicted octanol–water partition coefficient (Wildman–Crippen LogP) is 3.36. The molecule has 0 radical (unpaired) electrons. The largest absolute Gasteiger partial charge is 0.375 e. The van der Waals surface area contributed by atoms with Crippen LogP contribution in [0.4, 0.5) is 0 Å².